The van der Waals surface area contributed by atoms with Crippen LogP contribution in [0.4, 0.5) is 5.69 Å². The van der Waals surface area contributed by atoms with Gasteiger partial charge in [-0.05, 0) is 56.3 Å². The third-order valence-electron chi connectivity index (χ3n) is 4.36. The van der Waals surface area contributed by atoms with Gasteiger partial charge in [-0.15, -0.1) is 0 Å². The summed E-state index contributed by atoms with van der Waals surface area (Å²) in [6.45, 7) is 2.09. The van der Waals surface area contributed by atoms with E-state index >= 15 is 0 Å². The second-order valence-corrected chi connectivity index (χ2v) is 8.72. The minimum absolute atomic E-state index is 0.174. The van der Waals surface area contributed by atoms with Crippen molar-refractivity contribution in [1.29, 1.82) is 0 Å². The van der Waals surface area contributed by atoms with E-state index in [4.69, 9.17) is 27.9 Å². The number of sulfonamides is 1. The summed E-state index contributed by atoms with van der Waals surface area (Å²) >= 11 is 12.1. The highest BCUT2D eigenvalue weighted by Gasteiger charge is 2.30. The fraction of sp³-hybridized carbons (Fsp3) is 0.278. The molecule has 1 heterocycles. The highest BCUT2D eigenvalue weighted by Crippen LogP contribution is 2.34. The van der Waals surface area contributed by atoms with Crippen LogP contribution in [0.5, 0.6) is 5.75 Å². The largest absolute Gasteiger partial charge is 0.479 e. The zero-order valence-electron chi connectivity index (χ0n) is 14.7. The van der Waals surface area contributed by atoms with Gasteiger partial charge in [-0.1, -0.05) is 29.3 Å². The van der Waals surface area contributed by atoms with E-state index in [2.05, 4.69) is 4.72 Å². The normalized spacial score (nSPS) is 14.7. The predicted octanol–water partition coefficient (Wildman–Crippen LogP) is 3.26. The smallest absolute Gasteiger partial charge is 0.267 e. The van der Waals surface area contributed by atoms with Gasteiger partial charge in [0.25, 0.3) is 5.91 Å². The summed E-state index contributed by atoms with van der Waals surface area (Å²) < 4.78 is 31.9. The molecule has 9 heteroatoms. The number of carbonyl (C=O) groups is 1. The van der Waals surface area contributed by atoms with Crippen LogP contribution in [0, 0.1) is 0 Å². The van der Waals surface area contributed by atoms with E-state index in [0.717, 1.165) is 5.56 Å². The van der Waals surface area contributed by atoms with Crippen LogP contribution < -0.4 is 14.4 Å². The number of halogens is 2. The van der Waals surface area contributed by atoms with E-state index in [1.807, 2.05) is 0 Å². The van der Waals surface area contributed by atoms with Crippen molar-refractivity contribution in [3.8, 4) is 5.75 Å². The summed E-state index contributed by atoms with van der Waals surface area (Å²) in [6, 6.07) is 9.68. The van der Waals surface area contributed by atoms with Gasteiger partial charge in [0.2, 0.25) is 10.0 Å². The van der Waals surface area contributed by atoms with Crippen molar-refractivity contribution in [2.75, 3.05) is 18.5 Å². The molecule has 1 atom stereocenters. The van der Waals surface area contributed by atoms with E-state index in [9.17, 15) is 13.2 Å². The maximum Gasteiger partial charge on any atom is 0.267 e. The summed E-state index contributed by atoms with van der Waals surface area (Å²) in [6.07, 6.45) is -0.216. The quantitative estimate of drug-likeness (QED) is 0.792. The average Bonchev–Trinajstić information content (AvgIpc) is 3.08. The molecule has 1 N–H and O–H groups in total. The Labute approximate surface area is 168 Å². The molecule has 2 aromatic rings. The number of fused-ring (bicyclic) bond motifs is 1. The lowest BCUT2D eigenvalue weighted by atomic mass is 10.2. The third kappa shape index (κ3) is 3.91. The Kier molecular flexibility index (Phi) is 5.67. The van der Waals surface area contributed by atoms with Gasteiger partial charge in [0, 0.05) is 12.2 Å². The van der Waals surface area contributed by atoms with E-state index < -0.39 is 16.1 Å². The molecular formula is C18H18Cl2N2O4S. The lowest BCUT2D eigenvalue weighted by Crippen LogP contribution is -2.39. The Balaban J connectivity index is 1.81. The molecule has 3 rings (SSSR count). The van der Waals surface area contributed by atoms with Gasteiger partial charge in [-0.2, -0.15) is 0 Å². The van der Waals surface area contributed by atoms with Crippen LogP contribution in [-0.2, 0) is 21.2 Å². The summed E-state index contributed by atoms with van der Waals surface area (Å²) in [4.78, 5) is 14.6. The number of anilines is 1. The number of benzene rings is 2. The molecule has 1 aliphatic heterocycles. The fourth-order valence-corrected chi connectivity index (χ4v) is 4.04. The Morgan fingerprint density at radius 2 is 2.00 bits per heavy atom. The highest BCUT2D eigenvalue weighted by molar-refractivity contribution is 7.89. The first kappa shape index (κ1) is 19.9. The number of nitrogens with one attached hydrogen (secondary N) is 1. The predicted molar refractivity (Wildman–Crippen MR) is 105 cm³/mol. The molecule has 0 fully saturated rings. The van der Waals surface area contributed by atoms with Crippen molar-refractivity contribution in [3.05, 3.63) is 52.0 Å². The monoisotopic (exact) mass is 428 g/mol. The first-order valence-electron chi connectivity index (χ1n) is 8.23. The molecule has 27 heavy (non-hydrogen) atoms. The van der Waals surface area contributed by atoms with Gasteiger partial charge in [-0.3, -0.25) is 4.79 Å². The molecule has 1 aliphatic rings. The standard InChI is InChI=1S/C18H18Cl2N2O4S/c1-11(26-16-5-3-4-14(19)17(16)20)18(23)22-9-8-12-10-13(6-7-15(12)22)27(24,25)21-2/h3-7,10-11,21H,8-9H2,1-2H3. The molecule has 1 unspecified atom stereocenters. The number of rotatable bonds is 5. The molecule has 0 aliphatic carbocycles. The van der Waals surface area contributed by atoms with Crippen LogP contribution in [0.25, 0.3) is 0 Å². The number of amides is 1. The minimum Gasteiger partial charge on any atom is -0.479 e. The van der Waals surface area contributed by atoms with Crippen molar-refractivity contribution in [2.45, 2.75) is 24.3 Å². The maximum absolute atomic E-state index is 12.8. The SMILES string of the molecule is CNS(=O)(=O)c1ccc2c(c1)CCN2C(=O)C(C)Oc1cccc(Cl)c1Cl. The molecule has 0 radical (unpaired) electrons. The Hall–Kier alpha value is -1.80. The number of ether oxygens (including phenoxy) is 1. The third-order valence-corrected chi connectivity index (χ3v) is 6.57. The van der Waals surface area contributed by atoms with Gasteiger partial charge in [0.15, 0.2) is 6.10 Å². The van der Waals surface area contributed by atoms with Gasteiger partial charge < -0.3 is 9.64 Å². The van der Waals surface area contributed by atoms with Crippen molar-refractivity contribution in [3.63, 3.8) is 0 Å². The molecule has 0 saturated heterocycles. The van der Waals surface area contributed by atoms with Gasteiger partial charge in [-0.25, -0.2) is 13.1 Å². The average molecular weight is 429 g/mol. The topological polar surface area (TPSA) is 75.7 Å². The molecule has 0 bridgehead atoms. The van der Waals surface area contributed by atoms with E-state index in [-0.39, 0.29) is 15.8 Å². The first-order valence-corrected chi connectivity index (χ1v) is 10.5. The van der Waals surface area contributed by atoms with E-state index in [1.54, 1.807) is 42.2 Å². The van der Waals surface area contributed by atoms with Crippen LogP contribution in [0.3, 0.4) is 0 Å². The zero-order chi connectivity index (χ0) is 19.8. The molecule has 6 nitrogen and oxygen atoms in total. The number of hydrogen-bond acceptors (Lipinski definition) is 4. The maximum atomic E-state index is 12.8. The number of hydrogen-bond donors (Lipinski definition) is 1. The molecule has 0 aromatic heterocycles. The van der Waals surface area contributed by atoms with E-state index in [1.165, 1.54) is 13.1 Å². The first-order chi connectivity index (χ1) is 12.7. The van der Waals surface area contributed by atoms with Crippen molar-refractivity contribution >= 4 is 44.8 Å². The van der Waals surface area contributed by atoms with Crippen LogP contribution in [-0.4, -0.2) is 34.0 Å². The van der Waals surface area contributed by atoms with Crippen LogP contribution >= 0.6 is 23.2 Å². The molecule has 0 saturated carbocycles. The Morgan fingerprint density at radius 1 is 1.26 bits per heavy atom. The number of nitrogens with zero attached hydrogens (tertiary/aromatic N) is 1. The van der Waals surface area contributed by atoms with Gasteiger partial charge in [0.05, 0.1) is 9.92 Å². The lowest BCUT2D eigenvalue weighted by Gasteiger charge is -2.23. The zero-order valence-corrected chi connectivity index (χ0v) is 17.0. The van der Waals surface area contributed by atoms with Crippen molar-refractivity contribution in [2.24, 2.45) is 0 Å². The molecular weight excluding hydrogens is 411 g/mol. The van der Waals surface area contributed by atoms with Crippen molar-refractivity contribution < 1.29 is 17.9 Å². The summed E-state index contributed by atoms with van der Waals surface area (Å²) in [5.41, 5.74) is 1.48. The van der Waals surface area contributed by atoms with Gasteiger partial charge >= 0.3 is 0 Å². The highest BCUT2D eigenvalue weighted by atomic mass is 35.5. The summed E-state index contributed by atoms with van der Waals surface area (Å²) in [7, 11) is -2.17. The van der Waals surface area contributed by atoms with Crippen LogP contribution in [0.2, 0.25) is 10.0 Å². The lowest BCUT2D eigenvalue weighted by molar-refractivity contribution is -0.124. The van der Waals surface area contributed by atoms with Crippen molar-refractivity contribution in [1.82, 2.24) is 4.72 Å². The minimum atomic E-state index is -3.53. The second-order valence-electron chi connectivity index (χ2n) is 6.05. The molecule has 2 aromatic carbocycles. The summed E-state index contributed by atoms with van der Waals surface area (Å²) in [5.74, 6) is 0.0916. The molecule has 1 amide bonds. The second kappa shape index (κ2) is 7.67. The van der Waals surface area contributed by atoms with Crippen LogP contribution in [0.1, 0.15) is 12.5 Å². The van der Waals surface area contributed by atoms with Gasteiger partial charge in [0.1, 0.15) is 10.8 Å². The fourth-order valence-electron chi connectivity index (χ4n) is 2.93. The Bertz CT molecular complexity index is 995. The molecule has 0 spiro atoms. The van der Waals surface area contributed by atoms with Crippen LogP contribution in [0.15, 0.2) is 41.3 Å². The molecule has 144 valence electrons. The Morgan fingerprint density at radius 3 is 2.70 bits per heavy atom. The summed E-state index contributed by atoms with van der Waals surface area (Å²) in [5, 5.41) is 0.598. The van der Waals surface area contributed by atoms with E-state index in [0.29, 0.717) is 29.4 Å². The number of carbonyl (C=O) groups excluding carboxylic acids is 1.